The highest BCUT2D eigenvalue weighted by Crippen LogP contribution is 2.22. The molecule has 2 aromatic carbocycles. The van der Waals surface area contributed by atoms with Crippen LogP contribution in [0.3, 0.4) is 0 Å². The fourth-order valence-corrected chi connectivity index (χ4v) is 3.72. The van der Waals surface area contributed by atoms with Gasteiger partial charge in [0, 0.05) is 24.7 Å². The lowest BCUT2D eigenvalue weighted by Crippen LogP contribution is -2.49. The first-order valence-electron chi connectivity index (χ1n) is 9.91. The smallest absolute Gasteiger partial charge is 0.263 e. The van der Waals surface area contributed by atoms with Crippen molar-refractivity contribution < 1.29 is 9.53 Å². The molecule has 3 rings (SSSR count). The topological polar surface area (TPSA) is 41.6 Å². The first-order chi connectivity index (χ1) is 13.4. The van der Waals surface area contributed by atoms with Crippen LogP contribution in [0.15, 0.2) is 54.6 Å². The Morgan fingerprint density at radius 2 is 1.89 bits per heavy atom. The zero-order valence-electron chi connectivity index (χ0n) is 16.7. The summed E-state index contributed by atoms with van der Waals surface area (Å²) in [5, 5.41) is 3.74. The Labute approximate surface area is 172 Å². The molecular weight excluding hydrogens is 372 g/mol. The fraction of sp³-hybridized carbons (Fsp3) is 0.435. The number of nitrogens with zero attached hydrogens (tertiary/aromatic N) is 1. The fourth-order valence-electron chi connectivity index (χ4n) is 3.60. The summed E-state index contributed by atoms with van der Waals surface area (Å²) in [5.41, 5.74) is 0.399. The molecule has 0 aliphatic carbocycles. The molecule has 1 amide bonds. The van der Waals surface area contributed by atoms with Gasteiger partial charge in [-0.2, -0.15) is 0 Å². The van der Waals surface area contributed by atoms with Crippen LogP contribution in [0.2, 0.25) is 5.02 Å². The first kappa shape index (κ1) is 20.7. The zero-order chi connectivity index (χ0) is 20.0. The van der Waals surface area contributed by atoms with Crippen molar-refractivity contribution in [1.29, 1.82) is 0 Å². The van der Waals surface area contributed by atoms with E-state index in [1.165, 1.54) is 5.56 Å². The summed E-state index contributed by atoms with van der Waals surface area (Å²) in [6.07, 6.45) is 2.31. The van der Waals surface area contributed by atoms with Gasteiger partial charge in [0.1, 0.15) is 5.75 Å². The average Bonchev–Trinajstić information content (AvgIpc) is 2.69. The lowest BCUT2D eigenvalue weighted by Gasteiger charge is -2.33. The summed E-state index contributed by atoms with van der Waals surface area (Å²) >= 11 is 5.91. The monoisotopic (exact) mass is 400 g/mol. The maximum absolute atomic E-state index is 12.7. The Hall–Kier alpha value is -2.04. The SMILES string of the molecule is CC(C)(Oc1ccc(Cl)cc1)C(=O)NCC1CCCN(Cc2ccccc2)C1. The quantitative estimate of drug-likeness (QED) is 0.742. The van der Waals surface area contributed by atoms with Gasteiger partial charge < -0.3 is 10.1 Å². The summed E-state index contributed by atoms with van der Waals surface area (Å²) < 4.78 is 5.88. The van der Waals surface area contributed by atoms with Gasteiger partial charge in [-0.25, -0.2) is 0 Å². The molecule has 0 spiro atoms. The summed E-state index contributed by atoms with van der Waals surface area (Å²) in [4.78, 5) is 15.2. The molecule has 1 heterocycles. The largest absolute Gasteiger partial charge is 0.478 e. The molecule has 0 bridgehead atoms. The van der Waals surface area contributed by atoms with Gasteiger partial charge >= 0.3 is 0 Å². The van der Waals surface area contributed by atoms with Crippen LogP contribution in [0.1, 0.15) is 32.3 Å². The second kappa shape index (κ2) is 9.44. The lowest BCUT2D eigenvalue weighted by atomic mass is 9.97. The third-order valence-electron chi connectivity index (χ3n) is 5.14. The van der Waals surface area contributed by atoms with Crippen molar-refractivity contribution in [2.45, 2.75) is 38.8 Å². The molecule has 28 heavy (non-hydrogen) atoms. The van der Waals surface area contributed by atoms with Crippen LogP contribution in [0, 0.1) is 5.92 Å². The highest BCUT2D eigenvalue weighted by atomic mass is 35.5. The second-order valence-electron chi connectivity index (χ2n) is 8.01. The van der Waals surface area contributed by atoms with Gasteiger partial charge in [-0.15, -0.1) is 0 Å². The van der Waals surface area contributed by atoms with E-state index >= 15 is 0 Å². The normalized spacial score (nSPS) is 17.9. The van der Waals surface area contributed by atoms with Crippen LogP contribution in [-0.2, 0) is 11.3 Å². The van der Waals surface area contributed by atoms with Gasteiger partial charge in [-0.05, 0) is 69.0 Å². The number of ether oxygens (including phenoxy) is 1. The van der Waals surface area contributed by atoms with Gasteiger partial charge in [0.25, 0.3) is 5.91 Å². The van der Waals surface area contributed by atoms with E-state index in [0.717, 1.165) is 32.5 Å². The van der Waals surface area contributed by atoms with Crippen LogP contribution in [-0.4, -0.2) is 36.0 Å². The van der Waals surface area contributed by atoms with Crippen molar-refractivity contribution in [3.8, 4) is 5.75 Å². The molecule has 1 unspecified atom stereocenters. The molecule has 1 N–H and O–H groups in total. The molecule has 0 radical (unpaired) electrons. The van der Waals surface area contributed by atoms with Gasteiger partial charge in [-0.3, -0.25) is 9.69 Å². The van der Waals surface area contributed by atoms with Gasteiger partial charge in [0.2, 0.25) is 0 Å². The van der Waals surface area contributed by atoms with Crippen LogP contribution in [0.5, 0.6) is 5.75 Å². The van der Waals surface area contributed by atoms with E-state index in [2.05, 4.69) is 34.5 Å². The van der Waals surface area contributed by atoms with E-state index in [1.807, 2.05) is 6.07 Å². The molecule has 4 nitrogen and oxygen atoms in total. The third kappa shape index (κ3) is 5.98. The predicted octanol–water partition coefficient (Wildman–Crippen LogP) is 4.53. The number of rotatable bonds is 7. The minimum Gasteiger partial charge on any atom is -0.478 e. The van der Waals surface area contributed by atoms with E-state index in [-0.39, 0.29) is 5.91 Å². The molecule has 0 saturated carbocycles. The maximum atomic E-state index is 12.7. The Morgan fingerprint density at radius 3 is 2.61 bits per heavy atom. The standard InChI is InChI=1S/C23H29ClN2O2/c1-23(2,28-21-12-10-20(24)11-13-21)22(27)25-15-19-9-6-14-26(17-19)16-18-7-4-3-5-8-18/h3-5,7-8,10-13,19H,6,9,14-17H2,1-2H3,(H,25,27). The number of hydrogen-bond acceptors (Lipinski definition) is 3. The number of hydrogen-bond donors (Lipinski definition) is 1. The predicted molar refractivity (Wildman–Crippen MR) is 114 cm³/mol. The molecule has 1 aliphatic heterocycles. The van der Waals surface area contributed by atoms with Crippen LogP contribution >= 0.6 is 11.6 Å². The van der Waals surface area contributed by atoms with Crippen LogP contribution in [0.4, 0.5) is 0 Å². The van der Waals surface area contributed by atoms with Crippen LogP contribution in [0.25, 0.3) is 0 Å². The molecule has 1 aliphatic rings. The Kier molecular flexibility index (Phi) is 6.97. The zero-order valence-corrected chi connectivity index (χ0v) is 17.4. The molecule has 1 fully saturated rings. The van der Waals surface area contributed by atoms with E-state index in [1.54, 1.807) is 38.1 Å². The summed E-state index contributed by atoms with van der Waals surface area (Å²) in [6.45, 7) is 7.35. The minimum absolute atomic E-state index is 0.0948. The summed E-state index contributed by atoms with van der Waals surface area (Å²) in [7, 11) is 0. The Bertz CT molecular complexity index is 762. The molecule has 150 valence electrons. The summed E-state index contributed by atoms with van der Waals surface area (Å²) in [5.74, 6) is 1.01. The number of halogens is 1. The average molecular weight is 401 g/mol. The summed E-state index contributed by atoms with van der Waals surface area (Å²) in [6, 6.07) is 17.6. The van der Waals surface area contributed by atoms with Crippen molar-refractivity contribution in [2.24, 2.45) is 5.92 Å². The van der Waals surface area contributed by atoms with Crippen molar-refractivity contribution in [2.75, 3.05) is 19.6 Å². The Balaban J connectivity index is 1.48. The van der Waals surface area contributed by atoms with Gasteiger partial charge in [0.15, 0.2) is 5.60 Å². The molecule has 2 aromatic rings. The third-order valence-corrected chi connectivity index (χ3v) is 5.39. The number of benzene rings is 2. The molecule has 5 heteroatoms. The van der Waals surface area contributed by atoms with Crippen molar-refractivity contribution in [1.82, 2.24) is 10.2 Å². The number of amides is 1. The first-order valence-corrected chi connectivity index (χ1v) is 10.3. The maximum Gasteiger partial charge on any atom is 0.263 e. The van der Waals surface area contributed by atoms with Crippen molar-refractivity contribution >= 4 is 17.5 Å². The number of likely N-dealkylation sites (tertiary alicyclic amines) is 1. The highest BCUT2D eigenvalue weighted by Gasteiger charge is 2.31. The molecular formula is C23H29ClN2O2. The van der Waals surface area contributed by atoms with E-state index in [9.17, 15) is 4.79 Å². The van der Waals surface area contributed by atoms with E-state index in [0.29, 0.717) is 23.2 Å². The number of carbonyl (C=O) groups excluding carboxylic acids is 1. The Morgan fingerprint density at radius 1 is 1.18 bits per heavy atom. The van der Waals surface area contributed by atoms with Crippen molar-refractivity contribution in [3.05, 3.63) is 65.2 Å². The van der Waals surface area contributed by atoms with Gasteiger partial charge in [-0.1, -0.05) is 41.9 Å². The van der Waals surface area contributed by atoms with E-state index in [4.69, 9.17) is 16.3 Å². The number of nitrogens with one attached hydrogen (secondary N) is 1. The lowest BCUT2D eigenvalue weighted by molar-refractivity contribution is -0.134. The van der Waals surface area contributed by atoms with Gasteiger partial charge in [0.05, 0.1) is 0 Å². The number of carbonyl (C=O) groups is 1. The highest BCUT2D eigenvalue weighted by molar-refractivity contribution is 6.30. The van der Waals surface area contributed by atoms with Crippen LogP contribution < -0.4 is 10.1 Å². The minimum atomic E-state index is -0.938. The number of piperidine rings is 1. The van der Waals surface area contributed by atoms with Crippen molar-refractivity contribution in [3.63, 3.8) is 0 Å². The second-order valence-corrected chi connectivity index (χ2v) is 8.44. The van der Waals surface area contributed by atoms with E-state index < -0.39 is 5.60 Å². The molecule has 1 atom stereocenters. The molecule has 0 aromatic heterocycles. The molecule has 1 saturated heterocycles.